The van der Waals surface area contributed by atoms with E-state index in [1.54, 1.807) is 4.90 Å². The van der Waals surface area contributed by atoms with Gasteiger partial charge < -0.3 is 15.0 Å². The summed E-state index contributed by atoms with van der Waals surface area (Å²) in [5, 5.41) is 3.33. The summed E-state index contributed by atoms with van der Waals surface area (Å²) in [4.78, 5) is 13.6. The Hall–Kier alpha value is -0.770. The van der Waals surface area contributed by atoms with Gasteiger partial charge in [-0.05, 0) is 39.7 Å². The monoisotopic (exact) mass is 228 g/mol. The van der Waals surface area contributed by atoms with Crippen LogP contribution in [0.2, 0.25) is 0 Å². The average molecular weight is 228 g/mol. The molecule has 0 saturated carbocycles. The maximum absolute atomic E-state index is 11.8. The minimum Gasteiger partial charge on any atom is -0.444 e. The zero-order valence-corrected chi connectivity index (χ0v) is 11.0. The summed E-state index contributed by atoms with van der Waals surface area (Å²) in [5.74, 6) is 0.614. The van der Waals surface area contributed by atoms with Gasteiger partial charge in [0.15, 0.2) is 0 Å². The van der Waals surface area contributed by atoms with Crippen molar-refractivity contribution in [1.29, 1.82) is 0 Å². The molecule has 0 aromatic carbocycles. The van der Waals surface area contributed by atoms with E-state index < -0.39 is 5.60 Å². The van der Waals surface area contributed by atoms with Gasteiger partial charge in [0, 0.05) is 19.6 Å². The fourth-order valence-electron chi connectivity index (χ4n) is 1.91. The van der Waals surface area contributed by atoms with Crippen molar-refractivity contribution in [2.45, 2.75) is 45.8 Å². The lowest BCUT2D eigenvalue weighted by molar-refractivity contribution is 0.0184. The SMILES string of the molecule is C[C@@H]1CNC[C@H](N(C)C(=O)OC(C)(C)C)C1. The van der Waals surface area contributed by atoms with Crippen molar-refractivity contribution in [2.75, 3.05) is 20.1 Å². The van der Waals surface area contributed by atoms with Gasteiger partial charge in [-0.15, -0.1) is 0 Å². The van der Waals surface area contributed by atoms with Crippen LogP contribution in [0.1, 0.15) is 34.1 Å². The topological polar surface area (TPSA) is 41.6 Å². The van der Waals surface area contributed by atoms with Gasteiger partial charge in [0.2, 0.25) is 0 Å². The summed E-state index contributed by atoms with van der Waals surface area (Å²) >= 11 is 0. The molecule has 94 valence electrons. The van der Waals surface area contributed by atoms with Crippen LogP contribution in [0.3, 0.4) is 0 Å². The Morgan fingerprint density at radius 3 is 2.50 bits per heavy atom. The standard InChI is InChI=1S/C12H24N2O2/c1-9-6-10(8-13-7-9)14(5)11(15)16-12(2,3)4/h9-10,13H,6-8H2,1-5H3/t9-,10+/m0/s1. The van der Waals surface area contributed by atoms with Crippen LogP contribution in [-0.4, -0.2) is 42.8 Å². The van der Waals surface area contributed by atoms with Gasteiger partial charge in [0.05, 0.1) is 0 Å². The third-order valence-corrected chi connectivity index (χ3v) is 2.78. The van der Waals surface area contributed by atoms with Crippen LogP contribution in [0, 0.1) is 5.92 Å². The van der Waals surface area contributed by atoms with E-state index in [9.17, 15) is 4.79 Å². The second kappa shape index (κ2) is 5.04. The van der Waals surface area contributed by atoms with Gasteiger partial charge in [-0.1, -0.05) is 6.92 Å². The van der Waals surface area contributed by atoms with Crippen LogP contribution in [0.25, 0.3) is 0 Å². The first-order valence-corrected chi connectivity index (χ1v) is 5.96. The third-order valence-electron chi connectivity index (χ3n) is 2.78. The van der Waals surface area contributed by atoms with Crippen molar-refractivity contribution in [3.63, 3.8) is 0 Å². The normalized spacial score (nSPS) is 26.3. The Morgan fingerprint density at radius 1 is 1.38 bits per heavy atom. The molecule has 1 heterocycles. The number of amides is 1. The summed E-state index contributed by atoms with van der Waals surface area (Å²) in [5.41, 5.74) is -0.418. The number of carbonyl (C=O) groups is 1. The number of ether oxygens (including phenoxy) is 1. The summed E-state index contributed by atoms with van der Waals surface area (Å²) < 4.78 is 5.35. The fourth-order valence-corrected chi connectivity index (χ4v) is 1.91. The van der Waals surface area contributed by atoms with Gasteiger partial charge >= 0.3 is 6.09 Å². The van der Waals surface area contributed by atoms with E-state index in [-0.39, 0.29) is 12.1 Å². The van der Waals surface area contributed by atoms with E-state index in [2.05, 4.69) is 12.2 Å². The Morgan fingerprint density at radius 2 is 2.00 bits per heavy atom. The van der Waals surface area contributed by atoms with Crippen molar-refractivity contribution < 1.29 is 9.53 Å². The van der Waals surface area contributed by atoms with E-state index in [1.165, 1.54) is 0 Å². The second-order valence-corrected chi connectivity index (χ2v) is 5.74. The minimum atomic E-state index is -0.418. The van der Waals surface area contributed by atoms with Crippen LogP contribution >= 0.6 is 0 Å². The lowest BCUT2D eigenvalue weighted by Crippen LogP contribution is -2.50. The van der Waals surface area contributed by atoms with Crippen LogP contribution in [-0.2, 0) is 4.74 Å². The number of hydrogen-bond acceptors (Lipinski definition) is 3. The molecule has 0 bridgehead atoms. The highest BCUT2D eigenvalue weighted by Gasteiger charge is 2.28. The Balaban J connectivity index is 2.49. The summed E-state index contributed by atoms with van der Waals surface area (Å²) in [6.45, 7) is 9.77. The molecule has 2 atom stereocenters. The summed E-state index contributed by atoms with van der Waals surface area (Å²) in [7, 11) is 1.82. The first kappa shape index (κ1) is 13.3. The van der Waals surface area contributed by atoms with E-state index in [0.29, 0.717) is 5.92 Å². The number of nitrogens with one attached hydrogen (secondary N) is 1. The third kappa shape index (κ3) is 4.00. The predicted molar refractivity (Wildman–Crippen MR) is 64.4 cm³/mol. The molecule has 0 spiro atoms. The average Bonchev–Trinajstić information content (AvgIpc) is 2.14. The molecule has 4 heteroatoms. The fraction of sp³-hybridized carbons (Fsp3) is 0.917. The van der Waals surface area contributed by atoms with Crippen molar-refractivity contribution >= 4 is 6.09 Å². The number of nitrogens with zero attached hydrogens (tertiary/aromatic N) is 1. The second-order valence-electron chi connectivity index (χ2n) is 5.74. The summed E-state index contributed by atoms with van der Waals surface area (Å²) in [6, 6.07) is 0.249. The maximum atomic E-state index is 11.8. The molecule has 0 radical (unpaired) electrons. The zero-order chi connectivity index (χ0) is 12.3. The lowest BCUT2D eigenvalue weighted by atomic mass is 9.97. The molecule has 1 N–H and O–H groups in total. The highest BCUT2D eigenvalue weighted by Crippen LogP contribution is 2.17. The molecular formula is C12H24N2O2. The zero-order valence-electron chi connectivity index (χ0n) is 11.0. The van der Waals surface area contributed by atoms with Crippen LogP contribution in [0.15, 0.2) is 0 Å². The molecular weight excluding hydrogens is 204 g/mol. The first-order valence-electron chi connectivity index (χ1n) is 5.96. The number of piperidine rings is 1. The molecule has 0 aromatic rings. The number of rotatable bonds is 1. The van der Waals surface area contributed by atoms with Crippen molar-refractivity contribution in [1.82, 2.24) is 10.2 Å². The summed E-state index contributed by atoms with van der Waals surface area (Å²) in [6.07, 6.45) is 0.816. The van der Waals surface area contributed by atoms with Gasteiger partial charge in [-0.2, -0.15) is 0 Å². The largest absolute Gasteiger partial charge is 0.444 e. The highest BCUT2D eigenvalue weighted by molar-refractivity contribution is 5.68. The molecule has 16 heavy (non-hydrogen) atoms. The Bertz CT molecular complexity index is 248. The first-order chi connectivity index (χ1) is 7.29. The van der Waals surface area contributed by atoms with Gasteiger partial charge in [-0.3, -0.25) is 0 Å². The van der Waals surface area contributed by atoms with E-state index in [0.717, 1.165) is 19.5 Å². The number of carbonyl (C=O) groups excluding carboxylic acids is 1. The van der Waals surface area contributed by atoms with Crippen molar-refractivity contribution in [2.24, 2.45) is 5.92 Å². The minimum absolute atomic E-state index is 0.228. The molecule has 1 rings (SSSR count). The van der Waals surface area contributed by atoms with Gasteiger partial charge in [0.25, 0.3) is 0 Å². The Labute approximate surface area is 98.3 Å². The maximum Gasteiger partial charge on any atom is 0.410 e. The molecule has 1 fully saturated rings. The lowest BCUT2D eigenvalue weighted by Gasteiger charge is -2.35. The quantitative estimate of drug-likeness (QED) is 0.744. The molecule has 0 unspecified atom stereocenters. The molecule has 4 nitrogen and oxygen atoms in total. The molecule has 0 aliphatic carbocycles. The number of hydrogen-bond donors (Lipinski definition) is 1. The van der Waals surface area contributed by atoms with E-state index in [1.807, 2.05) is 27.8 Å². The van der Waals surface area contributed by atoms with Crippen molar-refractivity contribution in [3.8, 4) is 0 Å². The molecule has 1 aliphatic rings. The molecule has 1 aliphatic heterocycles. The molecule has 0 aromatic heterocycles. The molecule has 1 amide bonds. The van der Waals surface area contributed by atoms with E-state index >= 15 is 0 Å². The Kier molecular flexibility index (Phi) is 4.19. The van der Waals surface area contributed by atoms with Gasteiger partial charge in [0.1, 0.15) is 5.60 Å². The highest BCUT2D eigenvalue weighted by atomic mass is 16.6. The predicted octanol–water partition coefficient (Wildman–Crippen LogP) is 1.85. The van der Waals surface area contributed by atoms with Gasteiger partial charge in [-0.25, -0.2) is 4.79 Å². The van der Waals surface area contributed by atoms with Crippen molar-refractivity contribution in [3.05, 3.63) is 0 Å². The van der Waals surface area contributed by atoms with Crippen LogP contribution < -0.4 is 5.32 Å². The van der Waals surface area contributed by atoms with E-state index in [4.69, 9.17) is 4.74 Å². The van der Waals surface area contributed by atoms with Crippen LogP contribution in [0.4, 0.5) is 4.79 Å². The number of likely N-dealkylation sites (N-methyl/N-ethyl adjacent to an activating group) is 1. The van der Waals surface area contributed by atoms with Crippen LogP contribution in [0.5, 0.6) is 0 Å². The molecule has 1 saturated heterocycles. The smallest absolute Gasteiger partial charge is 0.410 e.